The normalized spacial score (nSPS) is 26.4. The van der Waals surface area contributed by atoms with Crippen molar-refractivity contribution in [3.8, 4) is 0 Å². The van der Waals surface area contributed by atoms with E-state index in [1.807, 2.05) is 0 Å². The number of nitrogens with zero attached hydrogens (tertiary/aromatic N) is 1. The number of rotatable bonds is 3. The van der Waals surface area contributed by atoms with Crippen molar-refractivity contribution in [3.05, 3.63) is 0 Å². The summed E-state index contributed by atoms with van der Waals surface area (Å²) in [7, 11) is 0. The highest BCUT2D eigenvalue weighted by Crippen LogP contribution is 2.23. The Morgan fingerprint density at radius 3 is 2.76 bits per heavy atom. The van der Waals surface area contributed by atoms with Crippen LogP contribution in [0.4, 0.5) is 0 Å². The first-order chi connectivity index (χ1) is 8.29. The molecule has 0 aromatic heterocycles. The Kier molecular flexibility index (Phi) is 4.76. The number of carbonyl (C=O) groups excluding carboxylic acids is 1. The van der Waals surface area contributed by atoms with E-state index >= 15 is 0 Å². The van der Waals surface area contributed by atoms with Gasteiger partial charge >= 0.3 is 0 Å². The van der Waals surface area contributed by atoms with E-state index in [-0.39, 0.29) is 11.9 Å². The van der Waals surface area contributed by atoms with Crippen molar-refractivity contribution in [1.29, 1.82) is 0 Å². The molecule has 5 nitrogen and oxygen atoms in total. The molecule has 1 atom stereocenters. The van der Waals surface area contributed by atoms with Crippen LogP contribution >= 0.6 is 0 Å². The highest BCUT2D eigenvalue weighted by molar-refractivity contribution is 5.80. The van der Waals surface area contributed by atoms with Gasteiger partial charge in [0, 0.05) is 32.8 Å². The number of nitrogens with one attached hydrogen (secondary N) is 1. The minimum atomic E-state index is -0.168. The summed E-state index contributed by atoms with van der Waals surface area (Å²) in [6.45, 7) is 5.41. The molecule has 5 heteroatoms. The molecule has 0 radical (unpaired) electrons. The average Bonchev–Trinajstić information content (AvgIpc) is 2.59. The lowest BCUT2D eigenvalue weighted by molar-refractivity contribution is -0.126. The van der Waals surface area contributed by atoms with Crippen LogP contribution in [0.1, 0.15) is 19.3 Å². The van der Waals surface area contributed by atoms with Gasteiger partial charge in [-0.1, -0.05) is 0 Å². The maximum atomic E-state index is 11.7. The lowest BCUT2D eigenvalue weighted by atomic mass is 9.90. The van der Waals surface area contributed by atoms with Crippen molar-refractivity contribution < 1.29 is 9.53 Å². The van der Waals surface area contributed by atoms with Crippen LogP contribution in [0.15, 0.2) is 0 Å². The molecule has 2 heterocycles. The van der Waals surface area contributed by atoms with Gasteiger partial charge in [0.2, 0.25) is 5.91 Å². The third-order valence-electron chi connectivity index (χ3n) is 3.77. The second-order valence-electron chi connectivity index (χ2n) is 4.94. The van der Waals surface area contributed by atoms with E-state index in [0.717, 1.165) is 58.7 Å². The second kappa shape index (κ2) is 6.33. The minimum Gasteiger partial charge on any atom is -0.381 e. The average molecular weight is 241 g/mol. The van der Waals surface area contributed by atoms with E-state index in [1.54, 1.807) is 0 Å². The highest BCUT2D eigenvalue weighted by atomic mass is 16.5. The molecule has 0 bridgehead atoms. The number of carbonyl (C=O) groups is 1. The zero-order valence-corrected chi connectivity index (χ0v) is 10.4. The van der Waals surface area contributed by atoms with Gasteiger partial charge in [-0.25, -0.2) is 0 Å². The Bertz CT molecular complexity index is 246. The van der Waals surface area contributed by atoms with Crippen LogP contribution in [-0.4, -0.2) is 56.2 Å². The second-order valence-corrected chi connectivity index (χ2v) is 4.94. The fourth-order valence-electron chi connectivity index (χ4n) is 2.89. The summed E-state index contributed by atoms with van der Waals surface area (Å²) in [4.78, 5) is 14.0. The van der Waals surface area contributed by atoms with Gasteiger partial charge in [-0.2, -0.15) is 0 Å². The molecular weight excluding hydrogens is 218 g/mol. The number of hydrogen-bond donors (Lipinski definition) is 2. The molecule has 17 heavy (non-hydrogen) atoms. The fraction of sp³-hybridized carbons (Fsp3) is 0.917. The van der Waals surface area contributed by atoms with Gasteiger partial charge in [-0.3, -0.25) is 9.69 Å². The number of primary amides is 1. The first-order valence-electron chi connectivity index (χ1n) is 6.61. The Morgan fingerprint density at radius 2 is 2.06 bits per heavy atom. The van der Waals surface area contributed by atoms with Crippen LogP contribution < -0.4 is 11.1 Å². The summed E-state index contributed by atoms with van der Waals surface area (Å²) in [5, 5.41) is 3.36. The zero-order valence-electron chi connectivity index (χ0n) is 10.4. The van der Waals surface area contributed by atoms with E-state index in [0.29, 0.717) is 5.92 Å². The highest BCUT2D eigenvalue weighted by Gasteiger charge is 2.33. The van der Waals surface area contributed by atoms with Gasteiger partial charge in [-0.15, -0.1) is 0 Å². The fourth-order valence-corrected chi connectivity index (χ4v) is 2.89. The molecule has 1 amide bonds. The standard InChI is InChI=1S/C12H23N3O2/c13-12(16)11(10-2-8-17-9-3-10)15-6-1-4-14-5-7-15/h10-11,14H,1-9H2,(H2,13,16). The van der Waals surface area contributed by atoms with Crippen LogP contribution in [0.25, 0.3) is 0 Å². The molecule has 0 spiro atoms. The number of amides is 1. The molecule has 2 saturated heterocycles. The molecule has 0 aromatic carbocycles. The van der Waals surface area contributed by atoms with Crippen LogP contribution in [0.5, 0.6) is 0 Å². The van der Waals surface area contributed by atoms with Crippen molar-refractivity contribution in [2.45, 2.75) is 25.3 Å². The number of nitrogens with two attached hydrogens (primary N) is 1. The molecule has 0 aliphatic carbocycles. The third-order valence-corrected chi connectivity index (χ3v) is 3.77. The van der Waals surface area contributed by atoms with Crippen molar-refractivity contribution in [3.63, 3.8) is 0 Å². The van der Waals surface area contributed by atoms with Gasteiger partial charge < -0.3 is 15.8 Å². The van der Waals surface area contributed by atoms with Crippen LogP contribution in [0.2, 0.25) is 0 Å². The predicted octanol–water partition coefficient (Wildman–Crippen LogP) is -0.438. The van der Waals surface area contributed by atoms with Crippen LogP contribution in [0.3, 0.4) is 0 Å². The van der Waals surface area contributed by atoms with Crippen LogP contribution in [0, 0.1) is 5.92 Å². The Morgan fingerprint density at radius 1 is 1.29 bits per heavy atom. The maximum absolute atomic E-state index is 11.7. The molecule has 2 fully saturated rings. The minimum absolute atomic E-state index is 0.0983. The Balaban J connectivity index is 2.01. The predicted molar refractivity (Wildman–Crippen MR) is 65.6 cm³/mol. The van der Waals surface area contributed by atoms with Crippen LogP contribution in [-0.2, 0) is 9.53 Å². The summed E-state index contributed by atoms with van der Waals surface area (Å²) in [5.74, 6) is 0.207. The van der Waals surface area contributed by atoms with Crippen molar-refractivity contribution in [2.24, 2.45) is 11.7 Å². The van der Waals surface area contributed by atoms with E-state index in [9.17, 15) is 4.79 Å². The lowest BCUT2D eigenvalue weighted by Gasteiger charge is -2.36. The summed E-state index contributed by atoms with van der Waals surface area (Å²) >= 11 is 0. The molecule has 1 unspecified atom stereocenters. The lowest BCUT2D eigenvalue weighted by Crippen LogP contribution is -2.51. The van der Waals surface area contributed by atoms with Gasteiger partial charge in [0.25, 0.3) is 0 Å². The molecule has 0 saturated carbocycles. The Labute approximate surface area is 103 Å². The van der Waals surface area contributed by atoms with E-state index in [2.05, 4.69) is 10.2 Å². The van der Waals surface area contributed by atoms with E-state index in [1.165, 1.54) is 0 Å². The van der Waals surface area contributed by atoms with Gasteiger partial charge in [-0.05, 0) is 31.7 Å². The number of hydrogen-bond acceptors (Lipinski definition) is 4. The molecule has 0 aromatic rings. The van der Waals surface area contributed by atoms with E-state index < -0.39 is 0 Å². The maximum Gasteiger partial charge on any atom is 0.235 e. The quantitative estimate of drug-likeness (QED) is 0.703. The van der Waals surface area contributed by atoms with Crippen molar-refractivity contribution in [2.75, 3.05) is 39.4 Å². The summed E-state index contributed by atoms with van der Waals surface area (Å²) in [6.07, 6.45) is 3.00. The SMILES string of the molecule is NC(=O)C(C1CCOCC1)N1CCCNCC1. The smallest absolute Gasteiger partial charge is 0.235 e. The first-order valence-corrected chi connectivity index (χ1v) is 6.61. The summed E-state index contributed by atoms with van der Waals surface area (Å²) in [6, 6.07) is -0.0983. The third kappa shape index (κ3) is 3.40. The molecule has 2 aliphatic rings. The molecule has 3 N–H and O–H groups in total. The molecular formula is C12H23N3O2. The first kappa shape index (κ1) is 12.8. The van der Waals surface area contributed by atoms with Gasteiger partial charge in [0.15, 0.2) is 0 Å². The van der Waals surface area contributed by atoms with Gasteiger partial charge in [0.05, 0.1) is 6.04 Å². The van der Waals surface area contributed by atoms with Crippen molar-refractivity contribution >= 4 is 5.91 Å². The topological polar surface area (TPSA) is 67.6 Å². The largest absolute Gasteiger partial charge is 0.381 e. The van der Waals surface area contributed by atoms with Crippen molar-refractivity contribution in [1.82, 2.24) is 10.2 Å². The van der Waals surface area contributed by atoms with E-state index in [4.69, 9.17) is 10.5 Å². The monoisotopic (exact) mass is 241 g/mol. The summed E-state index contributed by atoms with van der Waals surface area (Å²) in [5.41, 5.74) is 5.61. The molecule has 2 aliphatic heterocycles. The summed E-state index contributed by atoms with van der Waals surface area (Å²) < 4.78 is 5.36. The number of ether oxygens (including phenoxy) is 1. The molecule has 98 valence electrons. The molecule has 2 rings (SSSR count). The van der Waals surface area contributed by atoms with Gasteiger partial charge in [0.1, 0.15) is 0 Å². The zero-order chi connectivity index (χ0) is 12.1. The Hall–Kier alpha value is -0.650.